The molecule has 1 saturated heterocycles. The van der Waals surface area contributed by atoms with Crippen molar-refractivity contribution in [3.63, 3.8) is 0 Å². The summed E-state index contributed by atoms with van der Waals surface area (Å²) in [4.78, 5) is 13.7. The highest BCUT2D eigenvalue weighted by Gasteiger charge is 2.37. The maximum atomic E-state index is 11.6. The number of likely N-dealkylation sites (N-methyl/N-ethyl adjacent to an activating group) is 1. The first-order valence-electron chi connectivity index (χ1n) is 5.39. The zero-order valence-electron chi connectivity index (χ0n) is 10.1. The molecule has 0 spiro atoms. The molecular formula is C11H21NO3. The highest BCUT2D eigenvalue weighted by Crippen LogP contribution is 2.22. The van der Waals surface area contributed by atoms with E-state index in [1.54, 1.807) is 0 Å². The second-order valence-electron chi connectivity index (χ2n) is 4.51. The second-order valence-corrected chi connectivity index (χ2v) is 4.51. The number of hydrogen-bond acceptors (Lipinski definition) is 4. The molecule has 0 aromatic heterocycles. The molecule has 4 heteroatoms. The third-order valence-electron chi connectivity index (χ3n) is 3.31. The fourth-order valence-electron chi connectivity index (χ4n) is 1.92. The molecule has 1 aliphatic heterocycles. The summed E-state index contributed by atoms with van der Waals surface area (Å²) in [5.41, 5.74) is -0.559. The van der Waals surface area contributed by atoms with Crippen LogP contribution in [0, 0.1) is 0 Å². The van der Waals surface area contributed by atoms with Crippen LogP contribution in [0.3, 0.4) is 0 Å². The lowest BCUT2D eigenvalue weighted by atomic mass is 9.97. The van der Waals surface area contributed by atoms with Gasteiger partial charge in [-0.25, -0.2) is 0 Å². The first kappa shape index (κ1) is 12.5. The fraction of sp³-hybridized carbons (Fsp3) is 0.909. The predicted molar refractivity (Wildman–Crippen MR) is 57.7 cm³/mol. The summed E-state index contributed by atoms with van der Waals surface area (Å²) in [6.07, 6.45) is 1.97. The van der Waals surface area contributed by atoms with Crippen LogP contribution in [0.2, 0.25) is 0 Å². The van der Waals surface area contributed by atoms with E-state index in [1.807, 2.05) is 20.9 Å². The van der Waals surface area contributed by atoms with Gasteiger partial charge >= 0.3 is 5.97 Å². The Bertz CT molecular complexity index is 222. The third-order valence-corrected chi connectivity index (χ3v) is 3.31. The molecule has 4 nitrogen and oxygen atoms in total. The monoisotopic (exact) mass is 215 g/mol. The summed E-state index contributed by atoms with van der Waals surface area (Å²) in [6.45, 7) is 5.36. The first-order valence-corrected chi connectivity index (χ1v) is 5.39. The molecule has 0 N–H and O–H groups in total. The predicted octanol–water partition coefficient (Wildman–Crippen LogP) is 1.05. The molecule has 15 heavy (non-hydrogen) atoms. The molecule has 1 aliphatic rings. The van der Waals surface area contributed by atoms with Gasteiger partial charge in [-0.2, -0.15) is 0 Å². The number of hydrogen-bond donors (Lipinski definition) is 0. The molecule has 1 heterocycles. The lowest BCUT2D eigenvalue weighted by Crippen LogP contribution is -2.54. The van der Waals surface area contributed by atoms with Crippen molar-refractivity contribution in [3.05, 3.63) is 0 Å². The lowest BCUT2D eigenvalue weighted by Gasteiger charge is -2.40. The Kier molecular flexibility index (Phi) is 4.11. The summed E-state index contributed by atoms with van der Waals surface area (Å²) in [6, 6.07) is 0.410. The molecule has 0 bridgehead atoms. The molecule has 0 aliphatic carbocycles. The van der Waals surface area contributed by atoms with Crippen molar-refractivity contribution in [2.45, 2.75) is 38.3 Å². The Morgan fingerprint density at radius 2 is 1.93 bits per heavy atom. The average molecular weight is 215 g/mol. The summed E-state index contributed by atoms with van der Waals surface area (Å²) in [7, 11) is 3.41. The van der Waals surface area contributed by atoms with Gasteiger partial charge in [0.25, 0.3) is 0 Å². The highest BCUT2D eigenvalue weighted by atomic mass is 16.5. The summed E-state index contributed by atoms with van der Waals surface area (Å²) < 4.78 is 10.1. The van der Waals surface area contributed by atoms with E-state index in [9.17, 15) is 4.79 Å². The molecule has 0 atom stereocenters. The van der Waals surface area contributed by atoms with Crippen LogP contribution in [-0.2, 0) is 14.3 Å². The number of esters is 1. The number of nitrogens with zero attached hydrogens (tertiary/aromatic N) is 1. The van der Waals surface area contributed by atoms with Crippen LogP contribution in [-0.4, -0.2) is 49.8 Å². The number of ether oxygens (including phenoxy) is 2. The van der Waals surface area contributed by atoms with Crippen LogP contribution in [0.25, 0.3) is 0 Å². The van der Waals surface area contributed by atoms with Gasteiger partial charge in [0.05, 0.1) is 7.11 Å². The lowest BCUT2D eigenvalue weighted by molar-refractivity contribution is -0.154. The molecule has 0 aromatic carbocycles. The SMILES string of the molecule is COC(=O)C(C)(C)N(C)C1CCOCC1. The third kappa shape index (κ3) is 2.69. The van der Waals surface area contributed by atoms with Crippen LogP contribution in [0.1, 0.15) is 26.7 Å². The summed E-state index contributed by atoms with van der Waals surface area (Å²) in [5.74, 6) is -0.184. The van der Waals surface area contributed by atoms with Crippen molar-refractivity contribution in [3.8, 4) is 0 Å². The maximum absolute atomic E-state index is 11.6. The minimum absolute atomic E-state index is 0.184. The minimum atomic E-state index is -0.559. The van der Waals surface area contributed by atoms with E-state index in [2.05, 4.69) is 4.90 Å². The molecule has 1 fully saturated rings. The zero-order chi connectivity index (χ0) is 11.5. The van der Waals surface area contributed by atoms with Gasteiger partial charge in [-0.05, 0) is 33.7 Å². The molecule has 88 valence electrons. The number of carbonyl (C=O) groups excluding carboxylic acids is 1. The van der Waals surface area contributed by atoms with E-state index >= 15 is 0 Å². The normalized spacial score (nSPS) is 19.3. The van der Waals surface area contributed by atoms with Gasteiger partial charge in [-0.1, -0.05) is 0 Å². The molecule has 0 amide bonds. The number of methoxy groups -OCH3 is 1. The Labute approximate surface area is 91.5 Å². The number of carbonyl (C=O) groups is 1. The Morgan fingerprint density at radius 3 is 2.40 bits per heavy atom. The van der Waals surface area contributed by atoms with Crippen molar-refractivity contribution in [2.75, 3.05) is 27.4 Å². The molecular weight excluding hydrogens is 194 g/mol. The van der Waals surface area contributed by atoms with Crippen molar-refractivity contribution >= 4 is 5.97 Å². The van der Waals surface area contributed by atoms with Crippen molar-refractivity contribution in [1.82, 2.24) is 4.90 Å². The van der Waals surface area contributed by atoms with Crippen LogP contribution >= 0.6 is 0 Å². The molecule has 0 unspecified atom stereocenters. The van der Waals surface area contributed by atoms with Crippen LogP contribution in [0.4, 0.5) is 0 Å². The Morgan fingerprint density at radius 1 is 1.40 bits per heavy atom. The summed E-state index contributed by atoms with van der Waals surface area (Å²) >= 11 is 0. The quantitative estimate of drug-likeness (QED) is 0.660. The maximum Gasteiger partial charge on any atom is 0.325 e. The molecule has 1 rings (SSSR count). The van der Waals surface area contributed by atoms with Crippen LogP contribution in [0.5, 0.6) is 0 Å². The van der Waals surface area contributed by atoms with Crippen molar-refractivity contribution in [2.24, 2.45) is 0 Å². The van der Waals surface area contributed by atoms with Gasteiger partial charge in [0.1, 0.15) is 5.54 Å². The Balaban J connectivity index is 2.64. The molecule has 0 saturated carbocycles. The van der Waals surface area contributed by atoms with Crippen LogP contribution < -0.4 is 0 Å². The second kappa shape index (κ2) is 4.94. The molecule has 0 aromatic rings. The van der Waals surface area contributed by atoms with E-state index < -0.39 is 5.54 Å². The largest absolute Gasteiger partial charge is 0.468 e. The van der Waals surface area contributed by atoms with Gasteiger partial charge in [0.15, 0.2) is 0 Å². The van der Waals surface area contributed by atoms with E-state index in [-0.39, 0.29) is 5.97 Å². The molecule has 0 radical (unpaired) electrons. The van der Waals surface area contributed by atoms with E-state index in [1.165, 1.54) is 7.11 Å². The zero-order valence-corrected chi connectivity index (χ0v) is 10.1. The van der Waals surface area contributed by atoms with Crippen molar-refractivity contribution < 1.29 is 14.3 Å². The highest BCUT2D eigenvalue weighted by molar-refractivity contribution is 5.79. The minimum Gasteiger partial charge on any atom is -0.468 e. The number of rotatable bonds is 3. The van der Waals surface area contributed by atoms with Gasteiger partial charge in [-0.15, -0.1) is 0 Å². The van der Waals surface area contributed by atoms with Gasteiger partial charge < -0.3 is 9.47 Å². The van der Waals surface area contributed by atoms with Crippen molar-refractivity contribution in [1.29, 1.82) is 0 Å². The van der Waals surface area contributed by atoms with E-state index in [0.29, 0.717) is 6.04 Å². The Hall–Kier alpha value is -0.610. The van der Waals surface area contributed by atoms with Crippen LogP contribution in [0.15, 0.2) is 0 Å². The fourth-order valence-corrected chi connectivity index (χ4v) is 1.92. The van der Waals surface area contributed by atoms with E-state index in [0.717, 1.165) is 26.1 Å². The van der Waals surface area contributed by atoms with Gasteiger partial charge in [0, 0.05) is 19.3 Å². The van der Waals surface area contributed by atoms with Gasteiger partial charge in [-0.3, -0.25) is 9.69 Å². The summed E-state index contributed by atoms with van der Waals surface area (Å²) in [5, 5.41) is 0. The van der Waals surface area contributed by atoms with Gasteiger partial charge in [0.2, 0.25) is 0 Å². The standard InChI is InChI=1S/C11H21NO3/c1-11(2,10(13)14-4)12(3)9-5-7-15-8-6-9/h9H,5-8H2,1-4H3. The smallest absolute Gasteiger partial charge is 0.325 e. The van der Waals surface area contributed by atoms with E-state index in [4.69, 9.17) is 9.47 Å². The average Bonchev–Trinajstić information content (AvgIpc) is 2.28. The topological polar surface area (TPSA) is 38.8 Å². The first-order chi connectivity index (χ1) is 7.00.